The summed E-state index contributed by atoms with van der Waals surface area (Å²) >= 11 is 0. The van der Waals surface area contributed by atoms with Crippen molar-refractivity contribution in [3.8, 4) is 0 Å². The van der Waals surface area contributed by atoms with Gasteiger partial charge < -0.3 is 15.5 Å². The number of anilines is 1. The van der Waals surface area contributed by atoms with E-state index in [2.05, 4.69) is 27.6 Å². The molecule has 1 atom stereocenters. The Morgan fingerprint density at radius 1 is 1.45 bits per heavy atom. The largest absolute Gasteiger partial charge is 0.370 e. The second kappa shape index (κ2) is 7.24. The molecule has 0 spiro atoms. The zero-order valence-electron chi connectivity index (χ0n) is 12.4. The highest BCUT2D eigenvalue weighted by molar-refractivity contribution is 5.92. The van der Waals surface area contributed by atoms with Gasteiger partial charge in [-0.15, -0.1) is 0 Å². The van der Waals surface area contributed by atoms with E-state index in [0.717, 1.165) is 25.3 Å². The molecule has 1 unspecified atom stereocenters. The molecular weight excluding hydrogens is 252 g/mol. The summed E-state index contributed by atoms with van der Waals surface area (Å²) in [6.45, 7) is 4.62. The lowest BCUT2D eigenvalue weighted by molar-refractivity contribution is 0.0923. The number of nitrogens with zero attached hydrogens (tertiary/aromatic N) is 2. The van der Waals surface area contributed by atoms with Crippen LogP contribution in [0.2, 0.25) is 0 Å². The molecule has 1 fully saturated rings. The molecule has 1 aliphatic rings. The van der Waals surface area contributed by atoms with Crippen molar-refractivity contribution < 1.29 is 4.79 Å². The van der Waals surface area contributed by atoms with Crippen LogP contribution in [-0.2, 0) is 0 Å². The SMILES string of the molecule is CCNc1cccc(C(=O)NCC2CCCCN2C)n1. The maximum absolute atomic E-state index is 12.1. The number of piperidine rings is 1. The standard InChI is InChI=1S/C15H24N4O/c1-3-16-14-9-6-8-13(18-14)15(20)17-11-12-7-4-5-10-19(12)2/h6,8-9,12H,3-5,7,10-11H2,1-2H3,(H,16,18)(H,17,20). The Labute approximate surface area is 120 Å². The van der Waals surface area contributed by atoms with E-state index in [1.165, 1.54) is 12.8 Å². The molecule has 5 nitrogen and oxygen atoms in total. The van der Waals surface area contributed by atoms with E-state index < -0.39 is 0 Å². The summed E-state index contributed by atoms with van der Waals surface area (Å²) in [5.74, 6) is 0.652. The van der Waals surface area contributed by atoms with Crippen molar-refractivity contribution in [1.29, 1.82) is 0 Å². The second-order valence-electron chi connectivity index (χ2n) is 5.28. The van der Waals surface area contributed by atoms with E-state index >= 15 is 0 Å². The van der Waals surface area contributed by atoms with Crippen LogP contribution in [0.25, 0.3) is 0 Å². The number of carbonyl (C=O) groups excluding carboxylic acids is 1. The Kier molecular flexibility index (Phi) is 5.35. The van der Waals surface area contributed by atoms with Crippen molar-refractivity contribution >= 4 is 11.7 Å². The quantitative estimate of drug-likeness (QED) is 0.860. The van der Waals surface area contributed by atoms with Crippen LogP contribution in [-0.4, -0.2) is 48.5 Å². The normalized spacial score (nSPS) is 19.6. The van der Waals surface area contributed by atoms with Crippen LogP contribution in [0.3, 0.4) is 0 Å². The van der Waals surface area contributed by atoms with Crippen LogP contribution in [0.5, 0.6) is 0 Å². The van der Waals surface area contributed by atoms with Crippen molar-refractivity contribution in [2.24, 2.45) is 0 Å². The molecular formula is C15H24N4O. The third-order valence-electron chi connectivity index (χ3n) is 3.76. The molecule has 0 bridgehead atoms. The molecule has 1 amide bonds. The lowest BCUT2D eigenvalue weighted by Gasteiger charge is -2.32. The molecule has 0 radical (unpaired) electrons. The Morgan fingerprint density at radius 2 is 2.30 bits per heavy atom. The van der Waals surface area contributed by atoms with Crippen molar-refractivity contribution in [2.45, 2.75) is 32.2 Å². The van der Waals surface area contributed by atoms with Gasteiger partial charge in [0.15, 0.2) is 0 Å². The van der Waals surface area contributed by atoms with Gasteiger partial charge in [0.1, 0.15) is 11.5 Å². The maximum atomic E-state index is 12.1. The fourth-order valence-electron chi connectivity index (χ4n) is 2.54. The minimum absolute atomic E-state index is 0.0938. The van der Waals surface area contributed by atoms with Crippen LogP contribution >= 0.6 is 0 Å². The summed E-state index contributed by atoms with van der Waals surface area (Å²) in [5, 5.41) is 6.11. The van der Waals surface area contributed by atoms with E-state index in [0.29, 0.717) is 18.3 Å². The number of rotatable bonds is 5. The van der Waals surface area contributed by atoms with Gasteiger partial charge >= 0.3 is 0 Å². The maximum Gasteiger partial charge on any atom is 0.270 e. The van der Waals surface area contributed by atoms with Crippen molar-refractivity contribution in [2.75, 3.05) is 32.0 Å². The molecule has 20 heavy (non-hydrogen) atoms. The highest BCUT2D eigenvalue weighted by atomic mass is 16.1. The zero-order chi connectivity index (χ0) is 14.4. The number of hydrogen-bond donors (Lipinski definition) is 2. The van der Waals surface area contributed by atoms with Crippen LogP contribution < -0.4 is 10.6 Å². The number of likely N-dealkylation sites (N-methyl/N-ethyl adjacent to an activating group) is 1. The van der Waals surface area contributed by atoms with Gasteiger partial charge in [0.25, 0.3) is 5.91 Å². The van der Waals surface area contributed by atoms with Gasteiger partial charge in [-0.25, -0.2) is 4.98 Å². The Morgan fingerprint density at radius 3 is 3.05 bits per heavy atom. The van der Waals surface area contributed by atoms with Crippen LogP contribution in [0.1, 0.15) is 36.7 Å². The van der Waals surface area contributed by atoms with E-state index in [1.54, 1.807) is 6.07 Å². The van der Waals surface area contributed by atoms with Gasteiger partial charge in [-0.2, -0.15) is 0 Å². The molecule has 1 saturated heterocycles. The lowest BCUT2D eigenvalue weighted by Crippen LogP contribution is -2.44. The first-order chi connectivity index (χ1) is 9.70. The number of amides is 1. The molecule has 110 valence electrons. The first-order valence-corrected chi connectivity index (χ1v) is 7.40. The highest BCUT2D eigenvalue weighted by Crippen LogP contribution is 2.14. The lowest BCUT2D eigenvalue weighted by atomic mass is 10.0. The molecule has 0 aromatic carbocycles. The molecule has 1 aromatic heterocycles. The highest BCUT2D eigenvalue weighted by Gasteiger charge is 2.19. The summed E-state index contributed by atoms with van der Waals surface area (Å²) in [6, 6.07) is 5.92. The number of nitrogens with one attached hydrogen (secondary N) is 2. The average Bonchev–Trinajstić information content (AvgIpc) is 2.47. The van der Waals surface area contributed by atoms with Crippen LogP contribution in [0.4, 0.5) is 5.82 Å². The van der Waals surface area contributed by atoms with Gasteiger partial charge in [-0.3, -0.25) is 4.79 Å². The van der Waals surface area contributed by atoms with Gasteiger partial charge in [0.2, 0.25) is 0 Å². The fraction of sp³-hybridized carbons (Fsp3) is 0.600. The zero-order valence-corrected chi connectivity index (χ0v) is 12.4. The predicted molar refractivity (Wildman–Crippen MR) is 81.0 cm³/mol. The van der Waals surface area contributed by atoms with E-state index in [4.69, 9.17) is 0 Å². The van der Waals surface area contributed by atoms with Crippen LogP contribution in [0, 0.1) is 0 Å². The number of aromatic nitrogens is 1. The monoisotopic (exact) mass is 276 g/mol. The molecule has 2 heterocycles. The van der Waals surface area contributed by atoms with E-state index in [-0.39, 0.29) is 5.91 Å². The first kappa shape index (κ1) is 14.8. The summed E-state index contributed by atoms with van der Waals surface area (Å²) in [5.41, 5.74) is 0.474. The van der Waals surface area contributed by atoms with Crippen LogP contribution in [0.15, 0.2) is 18.2 Å². The summed E-state index contributed by atoms with van der Waals surface area (Å²) in [7, 11) is 2.13. The molecule has 0 aliphatic carbocycles. The van der Waals surface area contributed by atoms with Crippen molar-refractivity contribution in [1.82, 2.24) is 15.2 Å². The molecule has 0 saturated carbocycles. The first-order valence-electron chi connectivity index (χ1n) is 7.40. The minimum Gasteiger partial charge on any atom is -0.370 e. The number of hydrogen-bond acceptors (Lipinski definition) is 4. The summed E-state index contributed by atoms with van der Waals surface area (Å²) in [4.78, 5) is 18.8. The van der Waals surface area contributed by atoms with Crippen molar-refractivity contribution in [3.63, 3.8) is 0 Å². The Balaban J connectivity index is 1.89. The van der Waals surface area contributed by atoms with Gasteiger partial charge in [0.05, 0.1) is 0 Å². The average molecular weight is 276 g/mol. The molecule has 2 N–H and O–H groups in total. The number of carbonyl (C=O) groups is 1. The van der Waals surface area contributed by atoms with E-state index in [1.807, 2.05) is 19.1 Å². The molecule has 1 aromatic rings. The van der Waals surface area contributed by atoms with Crippen molar-refractivity contribution in [3.05, 3.63) is 23.9 Å². The number of likely N-dealkylation sites (tertiary alicyclic amines) is 1. The van der Waals surface area contributed by atoms with E-state index in [9.17, 15) is 4.79 Å². The minimum atomic E-state index is -0.0938. The van der Waals surface area contributed by atoms with Gasteiger partial charge in [0, 0.05) is 19.1 Å². The molecule has 2 rings (SSSR count). The summed E-state index contributed by atoms with van der Waals surface area (Å²) < 4.78 is 0. The molecule has 5 heteroatoms. The number of pyridine rings is 1. The third-order valence-corrected chi connectivity index (χ3v) is 3.76. The topological polar surface area (TPSA) is 57.3 Å². The van der Waals surface area contributed by atoms with Gasteiger partial charge in [-0.05, 0) is 45.5 Å². The Bertz CT molecular complexity index is 449. The Hall–Kier alpha value is -1.62. The summed E-state index contributed by atoms with van der Waals surface area (Å²) in [6.07, 6.45) is 3.66. The predicted octanol–water partition coefficient (Wildman–Crippen LogP) is 1.73. The molecule has 1 aliphatic heterocycles. The third kappa shape index (κ3) is 3.93. The van der Waals surface area contributed by atoms with Gasteiger partial charge in [-0.1, -0.05) is 12.5 Å². The fourth-order valence-corrected chi connectivity index (χ4v) is 2.54. The smallest absolute Gasteiger partial charge is 0.270 e. The second-order valence-corrected chi connectivity index (χ2v) is 5.28.